The number of hydrogen-bond donors (Lipinski definition) is 0. The van der Waals surface area contributed by atoms with Crippen LogP contribution in [-0.2, 0) is 7.05 Å². The predicted octanol–water partition coefficient (Wildman–Crippen LogP) is 3.64. The first-order chi connectivity index (χ1) is 11.5. The molecule has 120 valence electrons. The van der Waals surface area contributed by atoms with Gasteiger partial charge in [-0.1, -0.05) is 16.8 Å². The highest BCUT2D eigenvalue weighted by molar-refractivity contribution is 6.33. The number of rotatable bonds is 2. The zero-order valence-electron chi connectivity index (χ0n) is 12.3. The van der Waals surface area contributed by atoms with Gasteiger partial charge in [0.1, 0.15) is 5.82 Å². The van der Waals surface area contributed by atoms with Crippen LogP contribution in [0, 0.1) is 5.82 Å². The second-order valence-corrected chi connectivity index (χ2v) is 5.56. The molecule has 0 aliphatic rings. The lowest BCUT2D eigenvalue weighted by molar-refractivity contribution is 0.432. The topological polar surface area (TPSA) is 74.1 Å². The van der Waals surface area contributed by atoms with Gasteiger partial charge in [-0.15, -0.1) is 0 Å². The maximum atomic E-state index is 13.4. The molecule has 0 bridgehead atoms. The van der Waals surface area contributed by atoms with E-state index in [2.05, 4.69) is 10.1 Å². The van der Waals surface area contributed by atoms with E-state index in [1.54, 1.807) is 25.2 Å². The maximum Gasteiger partial charge on any atom is 0.419 e. The van der Waals surface area contributed by atoms with Crippen molar-refractivity contribution in [1.82, 2.24) is 14.7 Å². The van der Waals surface area contributed by atoms with Crippen LogP contribution in [0.15, 0.2) is 50.1 Å². The lowest BCUT2D eigenvalue weighted by Crippen LogP contribution is -2.08. The third kappa shape index (κ3) is 2.30. The molecule has 0 amide bonds. The first kappa shape index (κ1) is 14.6. The molecule has 0 saturated heterocycles. The fourth-order valence-electron chi connectivity index (χ4n) is 2.38. The summed E-state index contributed by atoms with van der Waals surface area (Å²) < 4.78 is 25.1. The zero-order valence-corrected chi connectivity index (χ0v) is 13.0. The summed E-state index contributed by atoms with van der Waals surface area (Å²) in [4.78, 5) is 15.8. The molecule has 0 unspecified atom stereocenters. The molecule has 8 heteroatoms. The van der Waals surface area contributed by atoms with Crippen LogP contribution >= 0.6 is 11.6 Å². The van der Waals surface area contributed by atoms with Gasteiger partial charge in [-0.2, -0.15) is 4.98 Å². The van der Waals surface area contributed by atoms with Crippen LogP contribution < -0.4 is 5.76 Å². The highest BCUT2D eigenvalue weighted by Gasteiger charge is 2.16. The van der Waals surface area contributed by atoms with Crippen LogP contribution in [0.25, 0.3) is 33.9 Å². The Bertz CT molecular complexity index is 1130. The molecule has 2 aromatic heterocycles. The van der Waals surface area contributed by atoms with Crippen LogP contribution in [0.1, 0.15) is 0 Å². The molecule has 0 spiro atoms. The molecular formula is C16H9ClFN3O3. The van der Waals surface area contributed by atoms with Crippen LogP contribution in [0.3, 0.4) is 0 Å². The van der Waals surface area contributed by atoms with Crippen molar-refractivity contribution in [3.05, 3.63) is 57.8 Å². The van der Waals surface area contributed by atoms with Crippen molar-refractivity contribution in [3.63, 3.8) is 0 Å². The second kappa shape index (κ2) is 5.31. The van der Waals surface area contributed by atoms with E-state index >= 15 is 0 Å². The summed E-state index contributed by atoms with van der Waals surface area (Å²) in [5.41, 5.74) is 1.97. The summed E-state index contributed by atoms with van der Waals surface area (Å²) in [6.07, 6.45) is 0. The Labute approximate surface area is 139 Å². The molecule has 0 radical (unpaired) electrons. The quantitative estimate of drug-likeness (QED) is 0.554. The van der Waals surface area contributed by atoms with E-state index in [0.29, 0.717) is 27.2 Å². The summed E-state index contributed by atoms with van der Waals surface area (Å²) in [7, 11) is 1.62. The number of hydrogen-bond acceptors (Lipinski definition) is 5. The minimum Gasteiger partial charge on any atom is -0.408 e. The van der Waals surface area contributed by atoms with Crippen molar-refractivity contribution in [2.75, 3.05) is 0 Å². The monoisotopic (exact) mass is 345 g/mol. The minimum absolute atomic E-state index is 0.101. The van der Waals surface area contributed by atoms with Crippen molar-refractivity contribution < 1.29 is 13.3 Å². The summed E-state index contributed by atoms with van der Waals surface area (Å²) in [5, 5.41) is 4.18. The summed E-state index contributed by atoms with van der Waals surface area (Å²) >= 11 is 6.04. The number of fused-ring (bicyclic) bond motifs is 1. The molecule has 4 rings (SSSR count). The Morgan fingerprint density at radius 3 is 2.88 bits per heavy atom. The Balaban J connectivity index is 1.80. The second-order valence-electron chi connectivity index (χ2n) is 5.16. The molecule has 0 fully saturated rings. The lowest BCUT2D eigenvalue weighted by Gasteiger charge is -1.98. The fourth-order valence-corrected chi connectivity index (χ4v) is 2.58. The maximum absolute atomic E-state index is 13.4. The molecule has 0 aliphatic heterocycles. The number of aryl methyl sites for hydroxylation is 1. The molecule has 0 aliphatic carbocycles. The van der Waals surface area contributed by atoms with Gasteiger partial charge in [0, 0.05) is 12.6 Å². The Morgan fingerprint density at radius 2 is 2.04 bits per heavy atom. The molecule has 0 atom stereocenters. The first-order valence-electron chi connectivity index (χ1n) is 6.92. The van der Waals surface area contributed by atoms with Gasteiger partial charge < -0.3 is 8.94 Å². The summed E-state index contributed by atoms with van der Waals surface area (Å²) in [6.45, 7) is 0. The average Bonchev–Trinajstić information content (AvgIpc) is 3.15. The first-order valence-corrected chi connectivity index (χ1v) is 7.30. The van der Waals surface area contributed by atoms with Crippen LogP contribution in [0.2, 0.25) is 5.02 Å². The van der Waals surface area contributed by atoms with Gasteiger partial charge in [-0.25, -0.2) is 9.18 Å². The highest BCUT2D eigenvalue weighted by Crippen LogP contribution is 2.29. The largest absolute Gasteiger partial charge is 0.419 e. The zero-order chi connectivity index (χ0) is 16.8. The number of halogens is 2. The van der Waals surface area contributed by atoms with Crippen molar-refractivity contribution >= 4 is 22.7 Å². The normalized spacial score (nSPS) is 11.3. The van der Waals surface area contributed by atoms with Gasteiger partial charge in [-0.3, -0.25) is 4.57 Å². The standard InChI is InChI=1S/C16H9ClFN3O3/c1-21-12-5-2-8(6-13(12)23-16(21)22)14-19-15(24-20-14)10-7-9(18)3-4-11(10)17/h2-7H,1H3. The van der Waals surface area contributed by atoms with E-state index in [9.17, 15) is 9.18 Å². The fraction of sp³-hybridized carbons (Fsp3) is 0.0625. The molecule has 0 N–H and O–H groups in total. The van der Waals surface area contributed by atoms with Crippen LogP contribution in [0.5, 0.6) is 0 Å². The van der Waals surface area contributed by atoms with Crippen LogP contribution in [0.4, 0.5) is 4.39 Å². The Morgan fingerprint density at radius 1 is 1.21 bits per heavy atom. The van der Waals surface area contributed by atoms with E-state index in [-0.39, 0.29) is 11.7 Å². The van der Waals surface area contributed by atoms with Gasteiger partial charge >= 0.3 is 5.76 Å². The Hall–Kier alpha value is -2.93. The number of benzene rings is 2. The smallest absolute Gasteiger partial charge is 0.408 e. The van der Waals surface area contributed by atoms with Gasteiger partial charge in [0.15, 0.2) is 5.58 Å². The van der Waals surface area contributed by atoms with Crippen molar-refractivity contribution in [2.45, 2.75) is 0 Å². The van der Waals surface area contributed by atoms with Crippen LogP contribution in [-0.4, -0.2) is 14.7 Å². The number of oxazole rings is 1. The lowest BCUT2D eigenvalue weighted by atomic mass is 10.2. The van der Waals surface area contributed by atoms with Gasteiger partial charge in [0.2, 0.25) is 5.82 Å². The third-order valence-electron chi connectivity index (χ3n) is 3.64. The van der Waals surface area contributed by atoms with Gasteiger partial charge in [0.05, 0.1) is 16.1 Å². The molecule has 24 heavy (non-hydrogen) atoms. The van der Waals surface area contributed by atoms with E-state index < -0.39 is 11.6 Å². The summed E-state index contributed by atoms with van der Waals surface area (Å²) in [6, 6.07) is 8.98. The average molecular weight is 346 g/mol. The number of aromatic nitrogens is 3. The van der Waals surface area contributed by atoms with Gasteiger partial charge in [0.25, 0.3) is 5.89 Å². The van der Waals surface area contributed by atoms with E-state index in [4.69, 9.17) is 20.5 Å². The summed E-state index contributed by atoms with van der Waals surface area (Å²) in [5.74, 6) is -0.535. The molecule has 2 aromatic carbocycles. The Kier molecular flexibility index (Phi) is 3.24. The minimum atomic E-state index is -0.457. The number of nitrogens with zero attached hydrogens (tertiary/aromatic N) is 3. The van der Waals surface area contributed by atoms with E-state index in [1.807, 2.05) is 0 Å². The van der Waals surface area contributed by atoms with Gasteiger partial charge in [-0.05, 0) is 36.4 Å². The van der Waals surface area contributed by atoms with E-state index in [1.165, 1.54) is 22.8 Å². The molecule has 4 aromatic rings. The molecule has 6 nitrogen and oxygen atoms in total. The molecular weight excluding hydrogens is 337 g/mol. The van der Waals surface area contributed by atoms with Crippen molar-refractivity contribution in [3.8, 4) is 22.8 Å². The van der Waals surface area contributed by atoms with Crippen molar-refractivity contribution in [1.29, 1.82) is 0 Å². The third-order valence-corrected chi connectivity index (χ3v) is 3.96. The van der Waals surface area contributed by atoms with E-state index in [0.717, 1.165) is 0 Å². The molecule has 0 saturated carbocycles. The predicted molar refractivity (Wildman–Crippen MR) is 85.2 cm³/mol. The SMILES string of the molecule is Cn1c(=O)oc2cc(-c3noc(-c4cc(F)ccc4Cl)n3)ccc21. The van der Waals surface area contributed by atoms with Crippen molar-refractivity contribution in [2.24, 2.45) is 7.05 Å². The highest BCUT2D eigenvalue weighted by atomic mass is 35.5. The molecule has 2 heterocycles.